The predicted octanol–water partition coefficient (Wildman–Crippen LogP) is 2.07. The molecule has 0 radical (unpaired) electrons. The Bertz CT molecular complexity index is 394. The van der Waals surface area contributed by atoms with Gasteiger partial charge >= 0.3 is 0 Å². The summed E-state index contributed by atoms with van der Waals surface area (Å²) in [4.78, 5) is 2.33. The van der Waals surface area contributed by atoms with Gasteiger partial charge < -0.3 is 19.7 Å². The Morgan fingerprint density at radius 2 is 2.15 bits per heavy atom. The first kappa shape index (κ1) is 15.3. The summed E-state index contributed by atoms with van der Waals surface area (Å²) in [6, 6.07) is 8.53. The summed E-state index contributed by atoms with van der Waals surface area (Å²) in [5.41, 5.74) is 1.26. The third-order valence-corrected chi connectivity index (χ3v) is 3.76. The third kappa shape index (κ3) is 3.95. The molecule has 112 valence electrons. The molecule has 0 amide bonds. The Balaban J connectivity index is 2.12. The highest BCUT2D eigenvalue weighted by molar-refractivity contribution is 5.29. The van der Waals surface area contributed by atoms with Crippen molar-refractivity contribution in [3.8, 4) is 5.75 Å². The zero-order chi connectivity index (χ0) is 14.4. The monoisotopic (exact) mass is 278 g/mol. The summed E-state index contributed by atoms with van der Waals surface area (Å²) in [6.45, 7) is 5.97. The lowest BCUT2D eigenvalue weighted by molar-refractivity contribution is -0.0392. The van der Waals surface area contributed by atoms with Crippen LogP contribution in [0.3, 0.4) is 0 Å². The van der Waals surface area contributed by atoms with Crippen molar-refractivity contribution in [2.45, 2.75) is 25.5 Å². The molecule has 1 aliphatic heterocycles. The van der Waals surface area contributed by atoms with E-state index >= 15 is 0 Å². The van der Waals surface area contributed by atoms with Crippen LogP contribution in [0.5, 0.6) is 5.75 Å². The molecule has 0 aliphatic carbocycles. The zero-order valence-electron chi connectivity index (χ0n) is 12.8. The van der Waals surface area contributed by atoms with Crippen LogP contribution < -0.4 is 10.1 Å². The SMILES string of the molecule is CCCNC(c1ccc(OC)cc1)C1CN(C)CCO1. The number of ether oxygens (including phenoxy) is 2. The Labute approximate surface area is 122 Å². The second-order valence-electron chi connectivity index (χ2n) is 5.38. The summed E-state index contributed by atoms with van der Waals surface area (Å²) in [7, 11) is 3.85. The smallest absolute Gasteiger partial charge is 0.118 e. The van der Waals surface area contributed by atoms with Crippen LogP contribution >= 0.6 is 0 Å². The highest BCUT2D eigenvalue weighted by Crippen LogP contribution is 2.24. The van der Waals surface area contributed by atoms with Crippen molar-refractivity contribution < 1.29 is 9.47 Å². The fourth-order valence-electron chi connectivity index (χ4n) is 2.59. The third-order valence-electron chi connectivity index (χ3n) is 3.76. The van der Waals surface area contributed by atoms with Crippen molar-refractivity contribution in [3.63, 3.8) is 0 Å². The highest BCUT2D eigenvalue weighted by atomic mass is 16.5. The lowest BCUT2D eigenvalue weighted by Crippen LogP contribution is -2.46. The molecule has 1 saturated heterocycles. The van der Waals surface area contributed by atoms with E-state index in [2.05, 4.69) is 36.3 Å². The maximum atomic E-state index is 5.98. The van der Waals surface area contributed by atoms with Crippen molar-refractivity contribution >= 4 is 0 Å². The Morgan fingerprint density at radius 1 is 1.40 bits per heavy atom. The van der Waals surface area contributed by atoms with E-state index in [4.69, 9.17) is 9.47 Å². The number of likely N-dealkylation sites (N-methyl/N-ethyl adjacent to an activating group) is 1. The molecular weight excluding hydrogens is 252 g/mol. The molecule has 0 spiro atoms. The molecule has 1 aromatic carbocycles. The zero-order valence-corrected chi connectivity index (χ0v) is 12.8. The molecule has 1 aliphatic rings. The first-order valence-corrected chi connectivity index (χ1v) is 7.42. The molecule has 1 heterocycles. The molecular formula is C16H26N2O2. The topological polar surface area (TPSA) is 33.7 Å². The van der Waals surface area contributed by atoms with Crippen LogP contribution in [0.2, 0.25) is 0 Å². The van der Waals surface area contributed by atoms with Crippen LogP contribution in [0.4, 0.5) is 0 Å². The summed E-state index contributed by atoms with van der Waals surface area (Å²) < 4.78 is 11.2. The first-order valence-electron chi connectivity index (χ1n) is 7.42. The van der Waals surface area contributed by atoms with Crippen molar-refractivity contribution in [2.24, 2.45) is 0 Å². The van der Waals surface area contributed by atoms with Crippen LogP contribution in [-0.4, -0.2) is 51.4 Å². The van der Waals surface area contributed by atoms with Crippen molar-refractivity contribution in [3.05, 3.63) is 29.8 Å². The maximum Gasteiger partial charge on any atom is 0.118 e. The molecule has 0 bridgehead atoms. The van der Waals surface area contributed by atoms with Gasteiger partial charge in [-0.15, -0.1) is 0 Å². The number of morpholine rings is 1. The van der Waals surface area contributed by atoms with E-state index in [1.807, 2.05) is 12.1 Å². The molecule has 2 unspecified atom stereocenters. The molecule has 1 fully saturated rings. The second-order valence-corrected chi connectivity index (χ2v) is 5.38. The van der Waals surface area contributed by atoms with Gasteiger partial charge in [-0.05, 0) is 37.7 Å². The van der Waals surface area contributed by atoms with Crippen LogP contribution in [0.15, 0.2) is 24.3 Å². The van der Waals surface area contributed by atoms with Gasteiger partial charge in [-0.1, -0.05) is 19.1 Å². The summed E-state index contributed by atoms with van der Waals surface area (Å²) in [6.07, 6.45) is 1.32. The van der Waals surface area contributed by atoms with Gasteiger partial charge in [0, 0.05) is 13.1 Å². The minimum atomic E-state index is 0.202. The van der Waals surface area contributed by atoms with Gasteiger partial charge in [-0.2, -0.15) is 0 Å². The molecule has 4 nitrogen and oxygen atoms in total. The average molecular weight is 278 g/mol. The average Bonchev–Trinajstić information content (AvgIpc) is 2.48. The standard InChI is InChI=1S/C16H26N2O2/c1-4-9-17-16(15-12-18(2)10-11-20-15)13-5-7-14(19-3)8-6-13/h5-8,15-17H,4,9-12H2,1-3H3. The van der Waals surface area contributed by atoms with Crippen LogP contribution in [0, 0.1) is 0 Å². The quantitative estimate of drug-likeness (QED) is 0.863. The molecule has 0 saturated carbocycles. The molecule has 2 atom stereocenters. The largest absolute Gasteiger partial charge is 0.497 e. The Kier molecular flexibility index (Phi) is 5.83. The minimum absolute atomic E-state index is 0.202. The van der Waals surface area contributed by atoms with Crippen LogP contribution in [0.1, 0.15) is 24.9 Å². The fraction of sp³-hybridized carbons (Fsp3) is 0.625. The maximum absolute atomic E-state index is 5.98. The van der Waals surface area contributed by atoms with Gasteiger partial charge in [0.05, 0.1) is 25.9 Å². The van der Waals surface area contributed by atoms with Crippen molar-refractivity contribution in [1.29, 1.82) is 0 Å². The normalized spacial score (nSPS) is 21.6. The van der Waals surface area contributed by atoms with E-state index in [-0.39, 0.29) is 12.1 Å². The summed E-state index contributed by atoms with van der Waals surface area (Å²) >= 11 is 0. The van der Waals surface area contributed by atoms with Crippen molar-refractivity contribution in [1.82, 2.24) is 10.2 Å². The number of rotatable bonds is 6. The Hall–Kier alpha value is -1.10. The summed E-state index contributed by atoms with van der Waals surface area (Å²) in [5.74, 6) is 0.893. The predicted molar refractivity (Wildman–Crippen MR) is 81.3 cm³/mol. The van der Waals surface area contributed by atoms with Gasteiger partial charge in [-0.3, -0.25) is 0 Å². The van der Waals surface area contributed by atoms with E-state index in [1.54, 1.807) is 7.11 Å². The van der Waals surface area contributed by atoms with E-state index in [0.717, 1.165) is 38.4 Å². The lowest BCUT2D eigenvalue weighted by atomic mass is 9.99. The fourth-order valence-corrected chi connectivity index (χ4v) is 2.59. The molecule has 1 N–H and O–H groups in total. The number of nitrogens with one attached hydrogen (secondary N) is 1. The number of benzene rings is 1. The Morgan fingerprint density at radius 3 is 2.75 bits per heavy atom. The molecule has 20 heavy (non-hydrogen) atoms. The number of nitrogens with zero attached hydrogens (tertiary/aromatic N) is 1. The number of hydrogen-bond acceptors (Lipinski definition) is 4. The van der Waals surface area contributed by atoms with Gasteiger partial charge in [0.1, 0.15) is 5.75 Å². The van der Waals surface area contributed by atoms with E-state index in [0.29, 0.717) is 0 Å². The van der Waals surface area contributed by atoms with Crippen molar-refractivity contribution in [2.75, 3.05) is 40.4 Å². The minimum Gasteiger partial charge on any atom is -0.497 e. The van der Waals surface area contributed by atoms with Gasteiger partial charge in [0.2, 0.25) is 0 Å². The number of hydrogen-bond donors (Lipinski definition) is 1. The second kappa shape index (κ2) is 7.62. The van der Waals surface area contributed by atoms with Gasteiger partial charge in [0.15, 0.2) is 0 Å². The molecule has 4 heteroatoms. The number of methoxy groups -OCH3 is 1. The molecule has 1 aromatic rings. The molecule has 0 aromatic heterocycles. The van der Waals surface area contributed by atoms with Gasteiger partial charge in [0.25, 0.3) is 0 Å². The first-order chi connectivity index (χ1) is 9.74. The van der Waals surface area contributed by atoms with E-state index < -0.39 is 0 Å². The van der Waals surface area contributed by atoms with Crippen LogP contribution in [0.25, 0.3) is 0 Å². The van der Waals surface area contributed by atoms with Crippen LogP contribution in [-0.2, 0) is 4.74 Å². The molecule has 2 rings (SSSR count). The summed E-state index contributed by atoms with van der Waals surface area (Å²) in [5, 5.41) is 3.62. The lowest BCUT2D eigenvalue weighted by Gasteiger charge is -2.36. The van der Waals surface area contributed by atoms with E-state index in [9.17, 15) is 0 Å². The van der Waals surface area contributed by atoms with Gasteiger partial charge in [-0.25, -0.2) is 0 Å². The van der Waals surface area contributed by atoms with E-state index in [1.165, 1.54) is 5.56 Å². The highest BCUT2D eigenvalue weighted by Gasteiger charge is 2.27.